The topological polar surface area (TPSA) is 53.0 Å². The van der Waals surface area contributed by atoms with E-state index < -0.39 is 12.0 Å². The van der Waals surface area contributed by atoms with Crippen LogP contribution in [0.4, 0.5) is 8.78 Å². The molecule has 5 heteroatoms. The van der Waals surface area contributed by atoms with E-state index >= 15 is 0 Å². The number of hydrogen-bond donors (Lipinski definition) is 1. The van der Waals surface area contributed by atoms with Crippen molar-refractivity contribution in [3.63, 3.8) is 0 Å². The van der Waals surface area contributed by atoms with Crippen LogP contribution in [-0.4, -0.2) is 37.0 Å². The Hall–Kier alpha value is -0.730. The van der Waals surface area contributed by atoms with Gasteiger partial charge in [0.1, 0.15) is 5.54 Å². The molecule has 3 nitrogen and oxygen atoms in total. The number of halogens is 2. The first-order chi connectivity index (χ1) is 5.37. The summed E-state index contributed by atoms with van der Waals surface area (Å²) in [5, 5.41) is 8.49. The summed E-state index contributed by atoms with van der Waals surface area (Å²) in [7, 11) is 1.51. The van der Waals surface area contributed by atoms with Crippen molar-refractivity contribution < 1.29 is 8.78 Å². The van der Waals surface area contributed by atoms with Gasteiger partial charge in [-0.15, -0.1) is 0 Å². The third-order valence-electron chi connectivity index (χ3n) is 1.30. The zero-order valence-electron chi connectivity index (χ0n) is 7.22. The van der Waals surface area contributed by atoms with E-state index in [0.717, 1.165) is 0 Å². The number of alkyl halides is 2. The first kappa shape index (κ1) is 11.3. The van der Waals surface area contributed by atoms with Crippen molar-refractivity contribution in [1.29, 1.82) is 5.26 Å². The van der Waals surface area contributed by atoms with E-state index in [1.165, 1.54) is 18.9 Å². The van der Waals surface area contributed by atoms with Crippen LogP contribution in [0.1, 0.15) is 6.92 Å². The molecular weight excluding hydrogens is 164 g/mol. The van der Waals surface area contributed by atoms with E-state index in [2.05, 4.69) is 0 Å². The number of nitriles is 1. The minimum Gasteiger partial charge on any atom is -0.313 e. The van der Waals surface area contributed by atoms with Crippen molar-refractivity contribution in [3.05, 3.63) is 0 Å². The molecule has 0 aromatic heterocycles. The Bertz CT molecular complexity index is 174. The molecule has 0 bridgehead atoms. The van der Waals surface area contributed by atoms with Crippen molar-refractivity contribution in [1.82, 2.24) is 4.90 Å². The van der Waals surface area contributed by atoms with Crippen LogP contribution in [0.15, 0.2) is 0 Å². The number of nitrogens with zero attached hydrogens (tertiary/aromatic N) is 2. The van der Waals surface area contributed by atoms with E-state index in [1.807, 2.05) is 6.07 Å². The fourth-order valence-electron chi connectivity index (χ4n) is 0.896. The molecule has 0 saturated carbocycles. The van der Waals surface area contributed by atoms with Gasteiger partial charge in [0.25, 0.3) is 6.43 Å². The van der Waals surface area contributed by atoms with Gasteiger partial charge in [-0.25, -0.2) is 8.78 Å². The highest BCUT2D eigenvalue weighted by molar-refractivity contribution is 5.02. The zero-order valence-corrected chi connectivity index (χ0v) is 7.22. The Labute approximate surface area is 70.8 Å². The van der Waals surface area contributed by atoms with E-state index in [9.17, 15) is 8.78 Å². The normalized spacial score (nSPS) is 16.2. The second-order valence-electron chi connectivity index (χ2n) is 3.12. The van der Waals surface area contributed by atoms with Gasteiger partial charge in [-0.3, -0.25) is 4.90 Å². The zero-order chi connectivity index (χ0) is 9.78. The van der Waals surface area contributed by atoms with Gasteiger partial charge >= 0.3 is 0 Å². The lowest BCUT2D eigenvalue weighted by Gasteiger charge is -2.23. The first-order valence-electron chi connectivity index (χ1n) is 3.54. The average molecular weight is 177 g/mol. The SMILES string of the molecule is CN(CC(F)F)CC(C)(N)C#N. The van der Waals surface area contributed by atoms with Crippen LogP contribution in [0.5, 0.6) is 0 Å². The third kappa shape index (κ3) is 4.99. The maximum absolute atomic E-state index is 11.8. The predicted molar refractivity (Wildman–Crippen MR) is 41.7 cm³/mol. The van der Waals surface area contributed by atoms with Crippen LogP contribution < -0.4 is 5.73 Å². The van der Waals surface area contributed by atoms with E-state index in [4.69, 9.17) is 11.0 Å². The molecule has 70 valence electrons. The Balaban J connectivity index is 3.86. The monoisotopic (exact) mass is 177 g/mol. The lowest BCUT2D eigenvalue weighted by molar-refractivity contribution is 0.0952. The fraction of sp³-hybridized carbons (Fsp3) is 0.857. The highest BCUT2D eigenvalue weighted by atomic mass is 19.3. The van der Waals surface area contributed by atoms with Gasteiger partial charge in [0.15, 0.2) is 0 Å². The van der Waals surface area contributed by atoms with Gasteiger partial charge < -0.3 is 5.73 Å². The van der Waals surface area contributed by atoms with Crippen LogP contribution in [0.3, 0.4) is 0 Å². The molecule has 2 N–H and O–H groups in total. The molecule has 0 rings (SSSR count). The standard InChI is InChI=1S/C7H13F2N3/c1-7(11,4-10)5-12(2)3-6(8)9/h6H,3,5,11H2,1-2H3. The molecule has 0 heterocycles. The second kappa shape index (κ2) is 4.33. The molecule has 0 spiro atoms. The Morgan fingerprint density at radius 1 is 1.67 bits per heavy atom. The summed E-state index contributed by atoms with van der Waals surface area (Å²) in [6.07, 6.45) is -2.38. The summed E-state index contributed by atoms with van der Waals surface area (Å²) in [5.41, 5.74) is 4.39. The van der Waals surface area contributed by atoms with E-state index in [0.29, 0.717) is 0 Å². The van der Waals surface area contributed by atoms with E-state index in [-0.39, 0.29) is 13.1 Å². The number of hydrogen-bond acceptors (Lipinski definition) is 3. The second-order valence-corrected chi connectivity index (χ2v) is 3.12. The number of likely N-dealkylation sites (N-methyl/N-ethyl adjacent to an activating group) is 1. The van der Waals surface area contributed by atoms with Crippen molar-refractivity contribution in [2.75, 3.05) is 20.1 Å². The molecule has 0 aromatic rings. The molecule has 0 fully saturated rings. The molecule has 0 aromatic carbocycles. The minimum atomic E-state index is -2.38. The molecule has 0 aliphatic carbocycles. The van der Waals surface area contributed by atoms with Crippen molar-refractivity contribution in [2.45, 2.75) is 18.9 Å². The van der Waals surface area contributed by atoms with E-state index in [1.54, 1.807) is 0 Å². The van der Waals surface area contributed by atoms with Crippen LogP contribution >= 0.6 is 0 Å². The minimum absolute atomic E-state index is 0.147. The molecule has 0 aliphatic heterocycles. The smallest absolute Gasteiger partial charge is 0.251 e. The summed E-state index contributed by atoms with van der Waals surface area (Å²) in [5.74, 6) is 0. The maximum atomic E-state index is 11.8. The van der Waals surface area contributed by atoms with Gasteiger partial charge in [0, 0.05) is 6.54 Å². The Morgan fingerprint density at radius 3 is 2.50 bits per heavy atom. The van der Waals surface area contributed by atoms with Crippen molar-refractivity contribution >= 4 is 0 Å². The number of rotatable bonds is 4. The molecule has 0 saturated heterocycles. The summed E-state index contributed by atoms with van der Waals surface area (Å²) >= 11 is 0. The lowest BCUT2D eigenvalue weighted by atomic mass is 10.1. The molecule has 1 atom stereocenters. The van der Waals surface area contributed by atoms with Crippen LogP contribution in [0, 0.1) is 11.3 Å². The van der Waals surface area contributed by atoms with Gasteiger partial charge in [0.2, 0.25) is 0 Å². The van der Waals surface area contributed by atoms with Gasteiger partial charge in [-0.2, -0.15) is 5.26 Å². The fourth-order valence-corrected chi connectivity index (χ4v) is 0.896. The predicted octanol–water partition coefficient (Wildman–Crippen LogP) is 0.424. The molecule has 12 heavy (non-hydrogen) atoms. The quantitative estimate of drug-likeness (QED) is 0.677. The summed E-state index contributed by atoms with van der Waals surface area (Å²) in [6.45, 7) is 1.30. The summed E-state index contributed by atoms with van der Waals surface area (Å²) in [6, 6.07) is 1.84. The average Bonchev–Trinajstić information content (AvgIpc) is 1.84. The number of nitrogens with two attached hydrogens (primary N) is 1. The largest absolute Gasteiger partial charge is 0.313 e. The lowest BCUT2D eigenvalue weighted by Crippen LogP contribution is -2.46. The molecule has 0 radical (unpaired) electrons. The molecule has 0 amide bonds. The van der Waals surface area contributed by atoms with Crippen LogP contribution in [0.25, 0.3) is 0 Å². The summed E-state index contributed by atoms with van der Waals surface area (Å²) < 4.78 is 23.6. The molecule has 0 aliphatic rings. The van der Waals surface area contributed by atoms with Gasteiger partial charge in [-0.1, -0.05) is 0 Å². The molecule has 1 unspecified atom stereocenters. The first-order valence-corrected chi connectivity index (χ1v) is 3.54. The van der Waals surface area contributed by atoms with Crippen molar-refractivity contribution in [2.24, 2.45) is 5.73 Å². The third-order valence-corrected chi connectivity index (χ3v) is 1.30. The molecular formula is C7H13F2N3. The highest BCUT2D eigenvalue weighted by Crippen LogP contribution is 2.02. The van der Waals surface area contributed by atoms with Gasteiger partial charge in [-0.05, 0) is 14.0 Å². The Kier molecular flexibility index (Phi) is 4.07. The van der Waals surface area contributed by atoms with Crippen LogP contribution in [0.2, 0.25) is 0 Å². The Morgan fingerprint density at radius 2 is 2.17 bits per heavy atom. The highest BCUT2D eigenvalue weighted by Gasteiger charge is 2.21. The maximum Gasteiger partial charge on any atom is 0.251 e. The van der Waals surface area contributed by atoms with Crippen molar-refractivity contribution in [3.8, 4) is 6.07 Å². The van der Waals surface area contributed by atoms with Gasteiger partial charge in [0.05, 0.1) is 12.6 Å². The summed E-state index contributed by atoms with van der Waals surface area (Å²) in [4.78, 5) is 1.34. The van der Waals surface area contributed by atoms with Crippen LogP contribution in [-0.2, 0) is 0 Å².